The first-order valence-electron chi connectivity index (χ1n) is 5.48. The van der Waals surface area contributed by atoms with Gasteiger partial charge in [0.2, 0.25) is 0 Å². The van der Waals surface area contributed by atoms with Crippen LogP contribution in [0.2, 0.25) is 0 Å². The molecule has 2 heterocycles. The van der Waals surface area contributed by atoms with Gasteiger partial charge in [-0.05, 0) is 6.07 Å². The molecule has 1 aliphatic heterocycles. The molecule has 10 heteroatoms. The maximum Gasteiger partial charge on any atom is 0.349 e. The predicted molar refractivity (Wildman–Crippen MR) is 66.4 cm³/mol. The zero-order valence-corrected chi connectivity index (χ0v) is 10.8. The number of nitrogens with one attached hydrogen (secondary N) is 1. The quantitative estimate of drug-likeness (QED) is 0.487. The molecule has 2 rings (SSSR count). The Morgan fingerprint density at radius 3 is 2.80 bits per heavy atom. The average Bonchev–Trinajstić information content (AvgIpc) is 3.04. The Morgan fingerprint density at radius 2 is 2.25 bits per heavy atom. The summed E-state index contributed by atoms with van der Waals surface area (Å²) in [7, 11) is 0. The lowest BCUT2D eigenvalue weighted by atomic mass is 10.4. The van der Waals surface area contributed by atoms with Crippen LogP contribution in [0.3, 0.4) is 0 Å². The van der Waals surface area contributed by atoms with E-state index < -0.39 is 29.4 Å². The third-order valence-electron chi connectivity index (χ3n) is 2.46. The Morgan fingerprint density at radius 1 is 1.50 bits per heavy atom. The van der Waals surface area contributed by atoms with Crippen molar-refractivity contribution in [3.63, 3.8) is 0 Å². The molecule has 1 saturated heterocycles. The normalized spacial score (nSPS) is 14.0. The third kappa shape index (κ3) is 2.91. The van der Waals surface area contributed by atoms with Crippen molar-refractivity contribution in [2.75, 3.05) is 19.7 Å². The van der Waals surface area contributed by atoms with Crippen LogP contribution in [-0.4, -0.2) is 47.4 Å². The number of thiophene rings is 1. The third-order valence-corrected chi connectivity index (χ3v) is 3.47. The van der Waals surface area contributed by atoms with Crippen LogP contribution in [0.4, 0.5) is 9.80 Å². The highest BCUT2D eigenvalue weighted by atomic mass is 32.1. The molecule has 1 aromatic rings. The number of amides is 3. The van der Waals surface area contributed by atoms with E-state index >= 15 is 0 Å². The number of carbonyl (C=O) groups is 3. The predicted octanol–water partition coefficient (Wildman–Crippen LogP) is 0.365. The van der Waals surface area contributed by atoms with Gasteiger partial charge in [-0.1, -0.05) is 11.3 Å². The first-order valence-corrected chi connectivity index (χ1v) is 6.30. The minimum Gasteiger partial charge on any atom is -0.451 e. The van der Waals surface area contributed by atoms with Crippen molar-refractivity contribution < 1.29 is 24.0 Å². The zero-order valence-electron chi connectivity index (χ0n) is 10.0. The molecule has 1 N–H and O–H groups in total. The fourth-order valence-electron chi connectivity index (χ4n) is 1.52. The monoisotopic (exact) mass is 299 g/mol. The van der Waals surface area contributed by atoms with Gasteiger partial charge in [0.05, 0.1) is 4.92 Å². The number of hydrogen-bond donors (Lipinski definition) is 1. The molecule has 3 amide bonds. The lowest BCUT2D eigenvalue weighted by molar-refractivity contribution is -0.380. The van der Waals surface area contributed by atoms with Crippen LogP contribution in [0.15, 0.2) is 12.1 Å². The lowest BCUT2D eigenvalue weighted by Gasteiger charge is -2.11. The first-order chi connectivity index (χ1) is 9.49. The molecule has 0 aliphatic carbocycles. The van der Waals surface area contributed by atoms with Crippen LogP contribution in [0.5, 0.6) is 0 Å². The van der Waals surface area contributed by atoms with Gasteiger partial charge in [0.1, 0.15) is 4.88 Å². The molecule has 1 aromatic heterocycles. The van der Waals surface area contributed by atoms with E-state index in [-0.39, 0.29) is 16.4 Å². The lowest BCUT2D eigenvalue weighted by Crippen LogP contribution is -2.37. The summed E-state index contributed by atoms with van der Waals surface area (Å²) in [5.74, 6) is -1.48. The Hall–Kier alpha value is -2.49. The van der Waals surface area contributed by atoms with E-state index in [1.54, 1.807) is 0 Å². The number of carbonyl (C=O) groups excluding carboxylic acids is 3. The Labute approximate surface area is 116 Å². The molecule has 9 nitrogen and oxygen atoms in total. The van der Waals surface area contributed by atoms with Gasteiger partial charge < -0.3 is 10.1 Å². The minimum absolute atomic E-state index is 0.0235. The molecule has 0 unspecified atom stereocenters. The van der Waals surface area contributed by atoms with Gasteiger partial charge in [-0.3, -0.25) is 19.8 Å². The highest BCUT2D eigenvalue weighted by Crippen LogP contribution is 2.24. The van der Waals surface area contributed by atoms with Gasteiger partial charge in [0, 0.05) is 19.2 Å². The van der Waals surface area contributed by atoms with E-state index in [0.29, 0.717) is 17.9 Å². The van der Waals surface area contributed by atoms with Crippen molar-refractivity contribution in [2.24, 2.45) is 0 Å². The summed E-state index contributed by atoms with van der Waals surface area (Å²) in [6, 6.07) is 1.90. The summed E-state index contributed by atoms with van der Waals surface area (Å²) in [6.07, 6.45) is 0. The van der Waals surface area contributed by atoms with E-state index in [0.717, 1.165) is 4.90 Å². The summed E-state index contributed by atoms with van der Waals surface area (Å²) < 4.78 is 4.72. The van der Waals surface area contributed by atoms with Crippen LogP contribution >= 0.6 is 11.3 Å². The van der Waals surface area contributed by atoms with E-state index in [9.17, 15) is 24.5 Å². The maximum absolute atomic E-state index is 11.6. The molecular weight excluding hydrogens is 290 g/mol. The number of urea groups is 1. The van der Waals surface area contributed by atoms with Crippen LogP contribution in [0.1, 0.15) is 9.67 Å². The minimum atomic E-state index is -0.837. The fourth-order valence-corrected chi connectivity index (χ4v) is 2.24. The van der Waals surface area contributed by atoms with E-state index in [2.05, 4.69) is 5.32 Å². The van der Waals surface area contributed by atoms with E-state index in [1.807, 2.05) is 0 Å². The Balaban J connectivity index is 1.89. The molecule has 1 aliphatic rings. The van der Waals surface area contributed by atoms with Crippen LogP contribution in [0, 0.1) is 10.1 Å². The number of imide groups is 1. The first kappa shape index (κ1) is 13.9. The molecule has 0 atom stereocenters. The number of nitro groups is 1. The molecule has 20 heavy (non-hydrogen) atoms. The van der Waals surface area contributed by atoms with Gasteiger partial charge in [0.15, 0.2) is 6.61 Å². The Bertz CT molecular complexity index is 583. The summed E-state index contributed by atoms with van der Waals surface area (Å²) in [4.78, 5) is 45.2. The largest absolute Gasteiger partial charge is 0.451 e. The summed E-state index contributed by atoms with van der Waals surface area (Å²) >= 11 is 0.656. The van der Waals surface area contributed by atoms with Gasteiger partial charge in [-0.25, -0.2) is 9.59 Å². The maximum atomic E-state index is 11.6. The van der Waals surface area contributed by atoms with Gasteiger partial charge in [-0.2, -0.15) is 0 Å². The van der Waals surface area contributed by atoms with Crippen molar-refractivity contribution >= 4 is 34.2 Å². The van der Waals surface area contributed by atoms with Crippen molar-refractivity contribution in [1.29, 1.82) is 0 Å². The van der Waals surface area contributed by atoms with Crippen LogP contribution in [0.25, 0.3) is 0 Å². The van der Waals surface area contributed by atoms with Crippen molar-refractivity contribution in [3.05, 3.63) is 27.1 Å². The van der Waals surface area contributed by atoms with Gasteiger partial charge >= 0.3 is 17.0 Å². The second-order valence-corrected chi connectivity index (χ2v) is 4.81. The fraction of sp³-hybridized carbons (Fsp3) is 0.300. The molecular formula is C10H9N3O6S. The highest BCUT2D eigenvalue weighted by molar-refractivity contribution is 7.17. The molecule has 0 radical (unpaired) electrons. The SMILES string of the molecule is O=C(OCC(=O)N1CCNC1=O)c1ccc([N+](=O)[O-])s1. The van der Waals surface area contributed by atoms with Crippen molar-refractivity contribution in [1.82, 2.24) is 10.2 Å². The van der Waals surface area contributed by atoms with E-state index in [1.165, 1.54) is 12.1 Å². The second-order valence-electron chi connectivity index (χ2n) is 3.75. The standard InChI is InChI=1S/C10H9N3O6S/c14-7(12-4-3-11-10(12)16)5-19-9(15)6-1-2-8(20-6)13(17)18/h1-2H,3-5H2,(H,11,16). The topological polar surface area (TPSA) is 119 Å². The average molecular weight is 299 g/mol. The number of esters is 1. The van der Waals surface area contributed by atoms with E-state index in [4.69, 9.17) is 4.74 Å². The molecule has 0 aromatic carbocycles. The molecule has 106 valence electrons. The Kier molecular flexibility index (Phi) is 3.94. The number of nitrogens with zero attached hydrogens (tertiary/aromatic N) is 2. The van der Waals surface area contributed by atoms with Crippen LogP contribution < -0.4 is 5.32 Å². The molecule has 0 spiro atoms. The highest BCUT2D eigenvalue weighted by Gasteiger charge is 2.27. The van der Waals surface area contributed by atoms with Gasteiger partial charge in [0.25, 0.3) is 5.91 Å². The molecule has 1 fully saturated rings. The zero-order chi connectivity index (χ0) is 14.7. The molecule has 0 bridgehead atoms. The van der Waals surface area contributed by atoms with Crippen molar-refractivity contribution in [3.8, 4) is 0 Å². The van der Waals surface area contributed by atoms with Gasteiger partial charge in [-0.15, -0.1) is 0 Å². The number of ether oxygens (including phenoxy) is 1. The second kappa shape index (κ2) is 5.65. The summed E-state index contributed by atoms with van der Waals surface area (Å²) in [6.45, 7) is -0.00667. The van der Waals surface area contributed by atoms with Crippen molar-refractivity contribution in [2.45, 2.75) is 0 Å². The summed E-state index contributed by atoms with van der Waals surface area (Å²) in [5.41, 5.74) is 0. The number of rotatable bonds is 4. The number of hydrogen-bond acceptors (Lipinski definition) is 7. The smallest absolute Gasteiger partial charge is 0.349 e. The van der Waals surface area contributed by atoms with Crippen LogP contribution in [-0.2, 0) is 9.53 Å². The molecule has 0 saturated carbocycles. The summed E-state index contributed by atoms with van der Waals surface area (Å²) in [5, 5.41) is 12.7.